The van der Waals surface area contributed by atoms with Crippen LogP contribution in [0.5, 0.6) is 0 Å². The third-order valence-corrected chi connectivity index (χ3v) is 6.22. The lowest BCUT2D eigenvalue weighted by atomic mass is 9.47. The molecule has 0 heterocycles. The van der Waals surface area contributed by atoms with Crippen molar-refractivity contribution >= 4 is 11.9 Å². The molecule has 5 heteroatoms. The molecule has 1 saturated carbocycles. The fourth-order valence-corrected chi connectivity index (χ4v) is 4.81. The van der Waals surface area contributed by atoms with Crippen molar-refractivity contribution in [1.29, 1.82) is 0 Å². The minimum atomic E-state index is -1.31. The van der Waals surface area contributed by atoms with Crippen molar-refractivity contribution in [2.75, 3.05) is 13.2 Å². The number of hydrogen-bond donors (Lipinski definition) is 1. The first-order valence-electron chi connectivity index (χ1n) is 8.71. The standard InChI is InChI=1S/C19H30O5/c1-13(20)23-11-15-7-8-16-17(3,4)9-6-10-18(16,5)19(15,22)12-24-14(2)21/h7,16,22H,6,8-12H2,1-5H3/t16-,18-,19+/m0/s1. The van der Waals surface area contributed by atoms with E-state index in [1.807, 2.05) is 6.08 Å². The highest BCUT2D eigenvalue weighted by molar-refractivity contribution is 5.66. The van der Waals surface area contributed by atoms with Gasteiger partial charge in [0.25, 0.3) is 0 Å². The maximum absolute atomic E-state index is 11.6. The van der Waals surface area contributed by atoms with E-state index >= 15 is 0 Å². The van der Waals surface area contributed by atoms with Crippen molar-refractivity contribution in [1.82, 2.24) is 0 Å². The van der Waals surface area contributed by atoms with Crippen molar-refractivity contribution in [3.8, 4) is 0 Å². The van der Waals surface area contributed by atoms with Crippen molar-refractivity contribution in [3.63, 3.8) is 0 Å². The quantitative estimate of drug-likeness (QED) is 0.630. The Morgan fingerprint density at radius 1 is 1.17 bits per heavy atom. The van der Waals surface area contributed by atoms with Crippen LogP contribution in [0.2, 0.25) is 0 Å². The molecule has 3 atom stereocenters. The van der Waals surface area contributed by atoms with E-state index in [1.165, 1.54) is 13.8 Å². The summed E-state index contributed by atoms with van der Waals surface area (Å²) in [5.74, 6) is -0.529. The van der Waals surface area contributed by atoms with Gasteiger partial charge in [-0.3, -0.25) is 9.59 Å². The number of carbonyl (C=O) groups excluding carboxylic acids is 2. The predicted molar refractivity (Wildman–Crippen MR) is 90.1 cm³/mol. The highest BCUT2D eigenvalue weighted by Gasteiger charge is 2.60. The number of allylic oxidation sites excluding steroid dienone is 1. The molecule has 5 nitrogen and oxygen atoms in total. The van der Waals surface area contributed by atoms with Crippen LogP contribution in [0.15, 0.2) is 11.6 Å². The second kappa shape index (κ2) is 6.51. The first-order chi connectivity index (χ1) is 11.0. The van der Waals surface area contributed by atoms with Crippen LogP contribution in [0, 0.1) is 16.7 Å². The van der Waals surface area contributed by atoms with Gasteiger partial charge in [-0.1, -0.05) is 33.3 Å². The lowest BCUT2D eigenvalue weighted by Crippen LogP contribution is -2.62. The summed E-state index contributed by atoms with van der Waals surface area (Å²) in [7, 11) is 0. The minimum Gasteiger partial charge on any atom is -0.462 e. The number of esters is 2. The molecule has 0 aromatic rings. The van der Waals surface area contributed by atoms with Gasteiger partial charge < -0.3 is 14.6 Å². The molecule has 0 bridgehead atoms. The summed E-state index contributed by atoms with van der Waals surface area (Å²) in [5, 5.41) is 11.6. The van der Waals surface area contributed by atoms with Gasteiger partial charge in [-0.05, 0) is 36.2 Å². The normalized spacial score (nSPS) is 34.8. The van der Waals surface area contributed by atoms with E-state index in [2.05, 4.69) is 20.8 Å². The highest BCUT2D eigenvalue weighted by atomic mass is 16.5. The Kier molecular flexibility index (Phi) is 5.14. The number of fused-ring (bicyclic) bond motifs is 1. The molecule has 0 aliphatic heterocycles. The summed E-state index contributed by atoms with van der Waals surface area (Å²) in [5.41, 5.74) is -0.987. The Morgan fingerprint density at radius 2 is 1.79 bits per heavy atom. The smallest absolute Gasteiger partial charge is 0.302 e. The molecule has 0 unspecified atom stereocenters. The zero-order chi connectivity index (χ0) is 18.2. The first kappa shape index (κ1) is 19.0. The molecule has 1 N–H and O–H groups in total. The van der Waals surface area contributed by atoms with Gasteiger partial charge in [-0.15, -0.1) is 0 Å². The van der Waals surface area contributed by atoms with E-state index in [0.717, 1.165) is 25.7 Å². The molecule has 2 rings (SSSR count). The zero-order valence-electron chi connectivity index (χ0n) is 15.5. The molecule has 0 saturated heterocycles. The molecule has 24 heavy (non-hydrogen) atoms. The van der Waals surface area contributed by atoms with E-state index in [9.17, 15) is 14.7 Å². The Hall–Kier alpha value is -1.36. The van der Waals surface area contributed by atoms with E-state index in [0.29, 0.717) is 5.57 Å². The molecule has 0 amide bonds. The Bertz CT molecular complexity index is 550. The number of carbonyl (C=O) groups is 2. The van der Waals surface area contributed by atoms with Crippen molar-refractivity contribution in [2.24, 2.45) is 16.7 Å². The molecule has 0 aromatic heterocycles. The van der Waals surface area contributed by atoms with Crippen LogP contribution in [0.3, 0.4) is 0 Å². The third-order valence-electron chi connectivity index (χ3n) is 6.22. The lowest BCUT2D eigenvalue weighted by molar-refractivity contribution is -0.182. The molecular formula is C19H30O5. The van der Waals surface area contributed by atoms with Crippen LogP contribution < -0.4 is 0 Å². The first-order valence-corrected chi connectivity index (χ1v) is 8.71. The van der Waals surface area contributed by atoms with E-state index in [-0.39, 0.29) is 30.5 Å². The SMILES string of the molecule is CC(=O)OCC1=CC[C@H]2C(C)(C)CCC[C@]2(C)[C@@]1(O)COC(C)=O. The average molecular weight is 338 g/mol. The van der Waals surface area contributed by atoms with Gasteiger partial charge in [0.1, 0.15) is 18.8 Å². The number of ether oxygens (including phenoxy) is 2. The van der Waals surface area contributed by atoms with E-state index in [1.54, 1.807) is 0 Å². The molecular weight excluding hydrogens is 308 g/mol. The highest BCUT2D eigenvalue weighted by Crippen LogP contribution is 2.61. The van der Waals surface area contributed by atoms with Crippen LogP contribution >= 0.6 is 0 Å². The summed E-state index contributed by atoms with van der Waals surface area (Å²) in [6.07, 6.45) is 5.80. The van der Waals surface area contributed by atoms with Gasteiger partial charge >= 0.3 is 11.9 Å². The van der Waals surface area contributed by atoms with Gasteiger partial charge in [0.2, 0.25) is 0 Å². The summed E-state index contributed by atoms with van der Waals surface area (Å²) in [4.78, 5) is 22.6. The molecule has 2 aliphatic rings. The molecule has 0 aromatic carbocycles. The number of rotatable bonds is 4. The number of hydrogen-bond acceptors (Lipinski definition) is 5. The van der Waals surface area contributed by atoms with Crippen molar-refractivity contribution in [2.45, 2.75) is 65.9 Å². The average Bonchev–Trinajstić information content (AvgIpc) is 2.45. The Labute approximate surface area is 144 Å². The summed E-state index contributed by atoms with van der Waals surface area (Å²) >= 11 is 0. The van der Waals surface area contributed by atoms with Crippen molar-refractivity contribution in [3.05, 3.63) is 11.6 Å². The minimum absolute atomic E-state index is 0.0375. The largest absolute Gasteiger partial charge is 0.462 e. The molecule has 2 aliphatic carbocycles. The molecule has 0 spiro atoms. The Morgan fingerprint density at radius 3 is 2.38 bits per heavy atom. The van der Waals surface area contributed by atoms with E-state index < -0.39 is 17.0 Å². The monoisotopic (exact) mass is 338 g/mol. The fraction of sp³-hybridized carbons (Fsp3) is 0.789. The van der Waals surface area contributed by atoms with Gasteiger partial charge in [-0.25, -0.2) is 0 Å². The summed E-state index contributed by atoms with van der Waals surface area (Å²) < 4.78 is 10.4. The van der Waals surface area contributed by atoms with Crippen LogP contribution in [0.25, 0.3) is 0 Å². The summed E-state index contributed by atoms with van der Waals surface area (Å²) in [6.45, 7) is 9.20. The van der Waals surface area contributed by atoms with Crippen LogP contribution in [0.4, 0.5) is 0 Å². The molecule has 1 fully saturated rings. The van der Waals surface area contributed by atoms with Crippen LogP contribution in [-0.4, -0.2) is 35.9 Å². The fourth-order valence-electron chi connectivity index (χ4n) is 4.81. The zero-order valence-corrected chi connectivity index (χ0v) is 15.5. The molecule has 136 valence electrons. The van der Waals surface area contributed by atoms with Crippen LogP contribution in [0.1, 0.15) is 60.3 Å². The maximum Gasteiger partial charge on any atom is 0.302 e. The van der Waals surface area contributed by atoms with Gasteiger partial charge in [0.05, 0.1) is 0 Å². The number of aliphatic hydroxyl groups is 1. The maximum atomic E-state index is 11.6. The topological polar surface area (TPSA) is 72.8 Å². The Balaban J connectivity index is 2.42. The second-order valence-corrected chi connectivity index (χ2v) is 8.20. The van der Waals surface area contributed by atoms with Gasteiger partial charge in [0.15, 0.2) is 0 Å². The molecule has 0 radical (unpaired) electrons. The van der Waals surface area contributed by atoms with Gasteiger partial charge in [0, 0.05) is 19.3 Å². The van der Waals surface area contributed by atoms with Crippen molar-refractivity contribution < 1.29 is 24.2 Å². The van der Waals surface area contributed by atoms with Crippen LogP contribution in [-0.2, 0) is 19.1 Å². The van der Waals surface area contributed by atoms with Gasteiger partial charge in [-0.2, -0.15) is 0 Å². The predicted octanol–water partition coefficient (Wildman–Crippen LogP) is 3.01. The summed E-state index contributed by atoms with van der Waals surface area (Å²) in [6, 6.07) is 0. The van der Waals surface area contributed by atoms with E-state index in [4.69, 9.17) is 9.47 Å². The lowest BCUT2D eigenvalue weighted by Gasteiger charge is -2.60. The third kappa shape index (κ3) is 3.23. The second-order valence-electron chi connectivity index (χ2n) is 8.20.